The number of aryl methyl sites for hydroxylation is 1. The molecule has 2 heterocycles. The van der Waals surface area contributed by atoms with E-state index in [9.17, 15) is 19.2 Å². The molecule has 0 saturated heterocycles. The smallest absolute Gasteiger partial charge is 0.407 e. The number of ether oxygens (including phenoxy) is 1. The lowest BCUT2D eigenvalue weighted by atomic mass is 10.2. The van der Waals surface area contributed by atoms with E-state index in [1.54, 1.807) is 27.8 Å². The van der Waals surface area contributed by atoms with Gasteiger partial charge < -0.3 is 15.4 Å². The predicted octanol–water partition coefficient (Wildman–Crippen LogP) is 2.45. The minimum atomic E-state index is -0.570. The van der Waals surface area contributed by atoms with Gasteiger partial charge in [-0.2, -0.15) is 0 Å². The normalized spacial score (nSPS) is 11.4. The van der Waals surface area contributed by atoms with E-state index < -0.39 is 22.9 Å². The molecule has 2 aromatic heterocycles. The van der Waals surface area contributed by atoms with Crippen LogP contribution in [0.3, 0.4) is 0 Å². The summed E-state index contributed by atoms with van der Waals surface area (Å²) in [6.07, 6.45) is 0.00384. The van der Waals surface area contributed by atoms with Gasteiger partial charge in [0.1, 0.15) is 10.4 Å². The molecule has 0 saturated carbocycles. The second-order valence-corrected chi connectivity index (χ2v) is 9.62. The molecule has 2 amide bonds. The molecule has 0 radical (unpaired) electrons. The maximum atomic E-state index is 13.0. The molecule has 0 aliphatic heterocycles. The highest BCUT2D eigenvalue weighted by Crippen LogP contribution is 2.21. The summed E-state index contributed by atoms with van der Waals surface area (Å²) in [5.41, 5.74) is -0.587. The van der Waals surface area contributed by atoms with Crippen LogP contribution in [-0.4, -0.2) is 39.8 Å². The highest BCUT2D eigenvalue weighted by atomic mass is 32.1. The Balaban J connectivity index is 1.67. The molecule has 0 atom stereocenters. The average Bonchev–Trinajstić information content (AvgIpc) is 3.20. The second-order valence-electron chi connectivity index (χ2n) is 8.59. The fourth-order valence-corrected chi connectivity index (χ4v) is 4.20. The summed E-state index contributed by atoms with van der Waals surface area (Å²) in [6, 6.07) is 10.8. The van der Waals surface area contributed by atoms with Crippen LogP contribution in [0.25, 0.3) is 10.2 Å². The zero-order valence-corrected chi connectivity index (χ0v) is 20.0. The second kappa shape index (κ2) is 10.0. The van der Waals surface area contributed by atoms with Gasteiger partial charge in [-0.3, -0.25) is 18.7 Å². The van der Waals surface area contributed by atoms with Gasteiger partial charge in [0.2, 0.25) is 0 Å². The van der Waals surface area contributed by atoms with Gasteiger partial charge in [-0.25, -0.2) is 9.59 Å². The van der Waals surface area contributed by atoms with Gasteiger partial charge in [0.05, 0.1) is 16.8 Å². The third kappa shape index (κ3) is 6.10. The molecule has 0 spiro atoms. The van der Waals surface area contributed by atoms with Crippen molar-refractivity contribution in [2.45, 2.75) is 39.3 Å². The summed E-state index contributed by atoms with van der Waals surface area (Å²) in [5.74, 6) is -0.338. The number of carbonyl (C=O) groups excluding carboxylic acids is 2. The summed E-state index contributed by atoms with van der Waals surface area (Å²) < 4.78 is 7.72. The Morgan fingerprint density at radius 1 is 1.06 bits per heavy atom. The molecule has 3 aromatic rings. The first-order valence-corrected chi connectivity index (χ1v) is 11.4. The van der Waals surface area contributed by atoms with Crippen LogP contribution < -0.4 is 21.9 Å². The third-order valence-corrected chi connectivity index (χ3v) is 5.94. The van der Waals surface area contributed by atoms with E-state index in [0.717, 1.165) is 16.9 Å². The molecule has 33 heavy (non-hydrogen) atoms. The predicted molar refractivity (Wildman–Crippen MR) is 128 cm³/mol. The highest BCUT2D eigenvalue weighted by Gasteiger charge is 2.18. The fraction of sp³-hybridized carbons (Fsp3) is 0.391. The molecule has 3 rings (SSSR count). The van der Waals surface area contributed by atoms with E-state index in [-0.39, 0.29) is 12.5 Å². The van der Waals surface area contributed by atoms with E-state index >= 15 is 0 Å². The van der Waals surface area contributed by atoms with Crippen LogP contribution in [0.15, 0.2) is 46.0 Å². The van der Waals surface area contributed by atoms with Crippen molar-refractivity contribution in [3.05, 3.63) is 67.7 Å². The lowest BCUT2D eigenvalue weighted by Gasteiger charge is -2.19. The van der Waals surface area contributed by atoms with Crippen LogP contribution in [0.1, 0.15) is 42.4 Å². The van der Waals surface area contributed by atoms with Crippen molar-refractivity contribution < 1.29 is 14.3 Å². The number of aromatic nitrogens is 2. The molecule has 0 fully saturated rings. The summed E-state index contributed by atoms with van der Waals surface area (Å²) in [7, 11) is 1.59. The third-order valence-electron chi connectivity index (χ3n) is 4.73. The van der Waals surface area contributed by atoms with Crippen LogP contribution in [0.2, 0.25) is 0 Å². The van der Waals surface area contributed by atoms with Crippen molar-refractivity contribution in [2.75, 3.05) is 13.1 Å². The number of nitrogens with zero attached hydrogens (tertiary/aromatic N) is 2. The first-order valence-electron chi connectivity index (χ1n) is 10.6. The molecule has 10 heteroatoms. The summed E-state index contributed by atoms with van der Waals surface area (Å²) in [5, 5.41) is 5.73. The SMILES string of the molecule is Cn1c(=O)n(Cc2ccccc2)c(=O)c2cc(C(=O)NCCCNC(=O)OC(C)(C)C)sc21. The number of benzene rings is 1. The molecule has 0 unspecified atom stereocenters. The van der Waals surface area contributed by atoms with Crippen molar-refractivity contribution >= 4 is 33.6 Å². The zero-order valence-electron chi connectivity index (χ0n) is 19.1. The molecule has 0 bridgehead atoms. The van der Waals surface area contributed by atoms with Crippen molar-refractivity contribution in [2.24, 2.45) is 7.05 Å². The molecule has 176 valence electrons. The number of rotatable bonds is 7. The minimum absolute atomic E-state index is 0.157. The maximum Gasteiger partial charge on any atom is 0.407 e. The van der Waals surface area contributed by atoms with E-state index in [4.69, 9.17) is 4.74 Å². The maximum absolute atomic E-state index is 13.0. The molecule has 0 aliphatic rings. The molecular weight excluding hydrogens is 444 g/mol. The van der Waals surface area contributed by atoms with Gasteiger partial charge in [-0.1, -0.05) is 30.3 Å². The van der Waals surface area contributed by atoms with Crippen molar-refractivity contribution in [3.8, 4) is 0 Å². The molecule has 2 N–H and O–H groups in total. The Labute approximate surface area is 195 Å². The summed E-state index contributed by atoms with van der Waals surface area (Å²) in [4.78, 5) is 50.7. The van der Waals surface area contributed by atoms with E-state index in [1.807, 2.05) is 30.3 Å². The van der Waals surface area contributed by atoms with Gasteiger partial charge in [0.25, 0.3) is 11.5 Å². The molecule has 0 aliphatic carbocycles. The number of hydrogen-bond donors (Lipinski definition) is 2. The van der Waals surface area contributed by atoms with Crippen molar-refractivity contribution in [1.29, 1.82) is 0 Å². The van der Waals surface area contributed by atoms with Gasteiger partial charge >= 0.3 is 11.8 Å². The number of amides is 2. The first-order chi connectivity index (χ1) is 15.6. The van der Waals surface area contributed by atoms with Crippen LogP contribution >= 0.6 is 11.3 Å². The van der Waals surface area contributed by atoms with Gasteiger partial charge in [0, 0.05) is 20.1 Å². The summed E-state index contributed by atoms with van der Waals surface area (Å²) in [6.45, 7) is 6.18. The molecular formula is C23H28N4O5S. The number of thiophene rings is 1. The lowest BCUT2D eigenvalue weighted by molar-refractivity contribution is 0.0527. The first kappa shape index (κ1) is 24.2. The fourth-order valence-electron chi connectivity index (χ4n) is 3.18. The standard InChI is InChI=1S/C23H28N4O5S/c1-23(2,3)32-21(30)25-12-8-11-24-18(28)17-13-16-19(29)27(14-15-9-6-5-7-10-15)22(31)26(4)20(16)33-17/h5-7,9-10,13H,8,11-12,14H2,1-4H3,(H,24,28)(H,25,30). The number of alkyl carbamates (subject to hydrolysis) is 1. The van der Waals surface area contributed by atoms with E-state index in [0.29, 0.717) is 34.6 Å². The Morgan fingerprint density at radius 2 is 1.73 bits per heavy atom. The monoisotopic (exact) mass is 472 g/mol. The quantitative estimate of drug-likeness (QED) is 0.513. The van der Waals surface area contributed by atoms with Crippen LogP contribution in [0, 0.1) is 0 Å². The van der Waals surface area contributed by atoms with Gasteiger partial charge in [-0.15, -0.1) is 11.3 Å². The van der Waals surface area contributed by atoms with Gasteiger partial charge in [0.15, 0.2) is 0 Å². The Kier molecular flexibility index (Phi) is 7.37. The highest BCUT2D eigenvalue weighted by molar-refractivity contribution is 7.20. The molecule has 1 aromatic carbocycles. The Hall–Kier alpha value is -3.40. The lowest BCUT2D eigenvalue weighted by Crippen LogP contribution is -2.38. The number of fused-ring (bicyclic) bond motifs is 1. The largest absolute Gasteiger partial charge is 0.444 e. The zero-order chi connectivity index (χ0) is 24.2. The van der Waals surface area contributed by atoms with Gasteiger partial charge in [-0.05, 0) is 38.8 Å². The summed E-state index contributed by atoms with van der Waals surface area (Å²) >= 11 is 1.10. The Bertz CT molecular complexity index is 1270. The van der Waals surface area contributed by atoms with Crippen molar-refractivity contribution in [1.82, 2.24) is 19.8 Å². The van der Waals surface area contributed by atoms with Crippen LogP contribution in [0.5, 0.6) is 0 Å². The number of nitrogens with one attached hydrogen (secondary N) is 2. The van der Waals surface area contributed by atoms with Crippen LogP contribution in [-0.2, 0) is 18.3 Å². The number of hydrogen-bond acceptors (Lipinski definition) is 6. The molecule has 9 nitrogen and oxygen atoms in total. The number of carbonyl (C=O) groups is 2. The van der Waals surface area contributed by atoms with Crippen molar-refractivity contribution in [3.63, 3.8) is 0 Å². The minimum Gasteiger partial charge on any atom is -0.444 e. The topological polar surface area (TPSA) is 111 Å². The average molecular weight is 473 g/mol. The van der Waals surface area contributed by atoms with Crippen LogP contribution in [0.4, 0.5) is 4.79 Å². The van der Waals surface area contributed by atoms with E-state index in [1.165, 1.54) is 15.2 Å². The van der Waals surface area contributed by atoms with E-state index in [2.05, 4.69) is 10.6 Å². The Morgan fingerprint density at radius 3 is 2.39 bits per heavy atom.